The van der Waals surface area contributed by atoms with E-state index in [4.69, 9.17) is 0 Å². The number of aromatic hydroxyl groups is 1. The van der Waals surface area contributed by atoms with Crippen LogP contribution in [0.2, 0.25) is 0 Å². The fraction of sp³-hybridized carbons (Fsp3) is 0.435. The number of rotatable bonds is 6. The van der Waals surface area contributed by atoms with Gasteiger partial charge in [-0.1, -0.05) is 56.3 Å². The smallest absolute Gasteiger partial charge is 0.308 e. The van der Waals surface area contributed by atoms with Gasteiger partial charge >= 0.3 is 5.97 Å². The van der Waals surface area contributed by atoms with Crippen LogP contribution in [-0.2, 0) is 16.6 Å². The minimum Gasteiger partial charge on any atom is -0.508 e. The van der Waals surface area contributed by atoms with Crippen LogP contribution < -0.4 is 0 Å². The molecule has 0 amide bonds. The molecule has 0 aromatic heterocycles. The van der Waals surface area contributed by atoms with Crippen LogP contribution in [0.4, 0.5) is 0 Å². The number of likely N-dealkylation sites (tertiary alicyclic amines) is 1. The second-order valence-corrected chi connectivity index (χ2v) is 8.10. The van der Waals surface area contributed by atoms with E-state index in [1.54, 1.807) is 6.07 Å². The van der Waals surface area contributed by atoms with Crippen LogP contribution in [0.5, 0.6) is 5.75 Å². The summed E-state index contributed by atoms with van der Waals surface area (Å²) in [4.78, 5) is 14.1. The van der Waals surface area contributed by atoms with E-state index in [9.17, 15) is 15.0 Å². The highest BCUT2D eigenvalue weighted by Crippen LogP contribution is 2.40. The van der Waals surface area contributed by atoms with Gasteiger partial charge in [0.15, 0.2) is 0 Å². The first kappa shape index (κ1) is 19.4. The number of carboxylic acids is 1. The molecule has 4 heteroatoms. The largest absolute Gasteiger partial charge is 0.508 e. The van der Waals surface area contributed by atoms with E-state index < -0.39 is 11.9 Å². The topological polar surface area (TPSA) is 60.8 Å². The van der Waals surface area contributed by atoms with Gasteiger partial charge in [-0.2, -0.15) is 0 Å². The molecular formula is C23H29NO3. The first-order valence-corrected chi connectivity index (χ1v) is 9.67. The maximum Gasteiger partial charge on any atom is 0.308 e. The predicted octanol–water partition coefficient (Wildman–Crippen LogP) is 3.94. The van der Waals surface area contributed by atoms with Gasteiger partial charge in [0, 0.05) is 13.1 Å². The van der Waals surface area contributed by atoms with Crippen molar-refractivity contribution < 1.29 is 15.0 Å². The number of phenolic OH excluding ortho intramolecular Hbond substituents is 1. The number of aliphatic carboxylic acids is 1. The Morgan fingerprint density at radius 3 is 2.59 bits per heavy atom. The molecule has 0 unspecified atom stereocenters. The fourth-order valence-electron chi connectivity index (χ4n) is 4.21. The van der Waals surface area contributed by atoms with Crippen molar-refractivity contribution in [1.82, 2.24) is 4.90 Å². The molecule has 1 aliphatic rings. The molecule has 0 saturated carbocycles. The molecule has 27 heavy (non-hydrogen) atoms. The molecule has 2 aromatic carbocycles. The minimum atomic E-state index is -0.729. The molecule has 1 aliphatic heterocycles. The van der Waals surface area contributed by atoms with Crippen LogP contribution in [0.15, 0.2) is 54.6 Å². The van der Waals surface area contributed by atoms with Crippen LogP contribution in [-0.4, -0.2) is 40.7 Å². The molecule has 1 fully saturated rings. The third-order valence-electron chi connectivity index (χ3n) is 6.23. The van der Waals surface area contributed by atoms with Gasteiger partial charge in [-0.05, 0) is 54.0 Å². The number of hydrogen-bond donors (Lipinski definition) is 2. The highest BCUT2D eigenvalue weighted by Gasteiger charge is 2.39. The van der Waals surface area contributed by atoms with Crippen molar-refractivity contribution >= 4 is 5.97 Å². The molecule has 3 rings (SSSR count). The number of hydrogen-bond acceptors (Lipinski definition) is 3. The first-order chi connectivity index (χ1) is 12.9. The monoisotopic (exact) mass is 367 g/mol. The first-order valence-electron chi connectivity index (χ1n) is 9.67. The lowest BCUT2D eigenvalue weighted by atomic mass is 9.68. The van der Waals surface area contributed by atoms with E-state index in [1.807, 2.05) is 42.5 Å². The van der Waals surface area contributed by atoms with Gasteiger partial charge in [0.2, 0.25) is 0 Å². The molecular weight excluding hydrogens is 338 g/mol. The number of carbonyl (C=O) groups is 1. The normalized spacial score (nSPS) is 24.4. The summed E-state index contributed by atoms with van der Waals surface area (Å²) in [5.74, 6) is -0.450. The Bertz CT molecular complexity index is 776. The van der Waals surface area contributed by atoms with Crippen molar-refractivity contribution in [2.24, 2.45) is 11.8 Å². The predicted molar refractivity (Wildman–Crippen MR) is 107 cm³/mol. The number of benzene rings is 2. The zero-order valence-electron chi connectivity index (χ0n) is 16.1. The highest BCUT2D eigenvalue weighted by molar-refractivity contribution is 5.70. The lowest BCUT2D eigenvalue weighted by Gasteiger charge is -2.45. The quantitative estimate of drug-likeness (QED) is 0.812. The molecule has 0 spiro atoms. The molecule has 144 valence electrons. The summed E-state index contributed by atoms with van der Waals surface area (Å²) in [5.41, 5.74) is 2.22. The lowest BCUT2D eigenvalue weighted by molar-refractivity contribution is -0.142. The minimum absolute atomic E-state index is 0.00656. The summed E-state index contributed by atoms with van der Waals surface area (Å²) < 4.78 is 0. The van der Waals surface area contributed by atoms with Gasteiger partial charge in [0.25, 0.3) is 0 Å². The third kappa shape index (κ3) is 4.51. The molecule has 1 saturated heterocycles. The maximum absolute atomic E-state index is 11.8. The third-order valence-corrected chi connectivity index (χ3v) is 6.23. The summed E-state index contributed by atoms with van der Waals surface area (Å²) in [6, 6.07) is 17.4. The van der Waals surface area contributed by atoms with E-state index in [0.717, 1.165) is 30.6 Å². The Labute approximate surface area is 161 Å². The zero-order chi connectivity index (χ0) is 19.4. The molecule has 4 nitrogen and oxygen atoms in total. The fourth-order valence-corrected chi connectivity index (χ4v) is 4.21. The van der Waals surface area contributed by atoms with Gasteiger partial charge in [-0.3, -0.25) is 4.79 Å². The van der Waals surface area contributed by atoms with Crippen molar-refractivity contribution in [2.45, 2.75) is 32.1 Å². The molecule has 0 radical (unpaired) electrons. The Kier molecular flexibility index (Phi) is 5.85. The van der Waals surface area contributed by atoms with Crippen molar-refractivity contribution in [3.05, 3.63) is 65.7 Å². The Hall–Kier alpha value is -2.33. The average Bonchev–Trinajstić information content (AvgIpc) is 2.65. The maximum atomic E-state index is 11.8. The van der Waals surface area contributed by atoms with Crippen LogP contribution >= 0.6 is 0 Å². The van der Waals surface area contributed by atoms with Crippen molar-refractivity contribution in [3.8, 4) is 5.75 Å². The van der Waals surface area contributed by atoms with Crippen LogP contribution in [0.1, 0.15) is 31.4 Å². The van der Waals surface area contributed by atoms with E-state index in [0.29, 0.717) is 24.6 Å². The standard InChI is InChI=1S/C23H29NO3/c1-17-15-24(12-11-23(17,2)20-9-6-10-21(25)14-20)16-19(22(26)27)13-18-7-4-3-5-8-18/h3-10,14,17,19,25H,11-13,15-16H2,1-2H3,(H,26,27)/t17-,19+,23+/m1/s1. The second kappa shape index (κ2) is 8.13. The van der Waals surface area contributed by atoms with Crippen molar-refractivity contribution in [1.29, 1.82) is 0 Å². The van der Waals surface area contributed by atoms with Gasteiger partial charge in [-0.15, -0.1) is 0 Å². The summed E-state index contributed by atoms with van der Waals surface area (Å²) in [6.07, 6.45) is 1.51. The second-order valence-electron chi connectivity index (χ2n) is 8.10. The highest BCUT2D eigenvalue weighted by atomic mass is 16.4. The van der Waals surface area contributed by atoms with Crippen molar-refractivity contribution in [2.75, 3.05) is 19.6 Å². The molecule has 0 bridgehead atoms. The number of phenols is 1. The average molecular weight is 367 g/mol. The van der Waals surface area contributed by atoms with Gasteiger partial charge < -0.3 is 15.1 Å². The Balaban J connectivity index is 1.67. The Morgan fingerprint density at radius 2 is 1.96 bits per heavy atom. The lowest BCUT2D eigenvalue weighted by Crippen LogP contribution is -2.49. The van der Waals surface area contributed by atoms with Crippen LogP contribution in [0.25, 0.3) is 0 Å². The van der Waals surface area contributed by atoms with Gasteiger partial charge in [0.05, 0.1) is 5.92 Å². The molecule has 2 N–H and O–H groups in total. The number of nitrogens with zero attached hydrogens (tertiary/aromatic N) is 1. The molecule has 1 heterocycles. The Morgan fingerprint density at radius 1 is 1.22 bits per heavy atom. The van der Waals surface area contributed by atoms with E-state index in [2.05, 4.69) is 24.8 Å². The van der Waals surface area contributed by atoms with Crippen molar-refractivity contribution in [3.63, 3.8) is 0 Å². The molecule has 3 atom stereocenters. The van der Waals surface area contributed by atoms with E-state index >= 15 is 0 Å². The van der Waals surface area contributed by atoms with Crippen LogP contribution in [0, 0.1) is 11.8 Å². The van der Waals surface area contributed by atoms with E-state index in [1.165, 1.54) is 0 Å². The van der Waals surface area contributed by atoms with E-state index in [-0.39, 0.29) is 5.41 Å². The number of carboxylic acid groups (broad SMARTS) is 1. The summed E-state index contributed by atoms with van der Waals surface area (Å²) >= 11 is 0. The summed E-state index contributed by atoms with van der Waals surface area (Å²) in [6.45, 7) is 6.79. The molecule has 0 aliphatic carbocycles. The van der Waals surface area contributed by atoms with Gasteiger partial charge in [-0.25, -0.2) is 0 Å². The summed E-state index contributed by atoms with van der Waals surface area (Å²) in [5, 5.41) is 19.5. The van der Waals surface area contributed by atoms with Crippen LogP contribution in [0.3, 0.4) is 0 Å². The molecule has 2 aromatic rings. The zero-order valence-corrected chi connectivity index (χ0v) is 16.1. The number of piperidine rings is 1. The SMILES string of the molecule is C[C@@H]1CN(C[C@H](Cc2ccccc2)C(=O)O)CC[C@]1(C)c1cccc(O)c1. The van der Waals surface area contributed by atoms with Gasteiger partial charge in [0.1, 0.15) is 5.75 Å². The summed E-state index contributed by atoms with van der Waals surface area (Å²) in [7, 11) is 0.